The molecular formula is C18H20Cl2FN3O3. The summed E-state index contributed by atoms with van der Waals surface area (Å²) in [5.74, 6) is -1.26. The first kappa shape index (κ1) is 19.9. The molecule has 3 rings (SSSR count). The van der Waals surface area contributed by atoms with Crippen LogP contribution in [0.25, 0.3) is 0 Å². The summed E-state index contributed by atoms with van der Waals surface area (Å²) in [5, 5.41) is 5.61. The van der Waals surface area contributed by atoms with Crippen molar-refractivity contribution in [1.82, 2.24) is 15.5 Å². The van der Waals surface area contributed by atoms with E-state index >= 15 is 0 Å². The van der Waals surface area contributed by atoms with E-state index in [0.717, 1.165) is 17.7 Å². The van der Waals surface area contributed by atoms with Crippen molar-refractivity contribution in [1.29, 1.82) is 0 Å². The van der Waals surface area contributed by atoms with Gasteiger partial charge in [0, 0.05) is 18.0 Å². The van der Waals surface area contributed by atoms with Crippen molar-refractivity contribution in [3.05, 3.63) is 33.6 Å². The van der Waals surface area contributed by atoms with Crippen molar-refractivity contribution in [3.63, 3.8) is 0 Å². The van der Waals surface area contributed by atoms with E-state index in [-0.39, 0.29) is 34.8 Å². The summed E-state index contributed by atoms with van der Waals surface area (Å²) in [7, 11) is 0. The van der Waals surface area contributed by atoms with Gasteiger partial charge in [-0.2, -0.15) is 0 Å². The average molecular weight is 416 g/mol. The van der Waals surface area contributed by atoms with Crippen molar-refractivity contribution < 1.29 is 18.8 Å². The van der Waals surface area contributed by atoms with Crippen LogP contribution in [0.3, 0.4) is 0 Å². The molecule has 2 fully saturated rings. The van der Waals surface area contributed by atoms with Gasteiger partial charge in [0.1, 0.15) is 11.4 Å². The minimum absolute atomic E-state index is 0.00627. The largest absolute Gasteiger partial charge is 0.349 e. The molecule has 2 N–H and O–H groups in total. The number of urea groups is 1. The fraction of sp³-hybridized carbons (Fsp3) is 0.500. The maximum absolute atomic E-state index is 13.6. The highest BCUT2D eigenvalue weighted by atomic mass is 35.5. The molecule has 1 saturated heterocycles. The summed E-state index contributed by atoms with van der Waals surface area (Å²) in [6.45, 7) is 1.65. The smallest absolute Gasteiger partial charge is 0.325 e. The molecule has 1 spiro atoms. The predicted octanol–water partition coefficient (Wildman–Crippen LogP) is 3.56. The Kier molecular flexibility index (Phi) is 5.63. The lowest BCUT2D eigenvalue weighted by molar-refractivity contribution is -0.131. The Balaban J connectivity index is 1.58. The van der Waals surface area contributed by atoms with E-state index in [1.807, 2.05) is 0 Å². The van der Waals surface area contributed by atoms with E-state index in [2.05, 4.69) is 10.6 Å². The third-order valence-electron chi connectivity index (χ3n) is 5.15. The van der Waals surface area contributed by atoms with Gasteiger partial charge in [-0.1, -0.05) is 36.0 Å². The molecule has 1 atom stereocenters. The molecular weight excluding hydrogens is 396 g/mol. The van der Waals surface area contributed by atoms with E-state index < -0.39 is 23.4 Å². The van der Waals surface area contributed by atoms with Crippen LogP contribution in [0.15, 0.2) is 12.1 Å². The third kappa shape index (κ3) is 3.89. The molecule has 0 radical (unpaired) electrons. The lowest BCUT2D eigenvalue weighted by Crippen LogP contribution is -2.44. The molecule has 6 nitrogen and oxygen atoms in total. The lowest BCUT2D eigenvalue weighted by atomic mass is 9.98. The van der Waals surface area contributed by atoms with E-state index in [0.29, 0.717) is 18.4 Å². The van der Waals surface area contributed by atoms with Crippen LogP contribution in [0.2, 0.25) is 10.0 Å². The second kappa shape index (κ2) is 7.64. The Morgan fingerprint density at radius 3 is 2.63 bits per heavy atom. The van der Waals surface area contributed by atoms with Crippen molar-refractivity contribution in [2.75, 3.05) is 6.54 Å². The van der Waals surface area contributed by atoms with Crippen LogP contribution in [-0.4, -0.2) is 34.8 Å². The molecule has 1 aliphatic carbocycles. The molecule has 1 heterocycles. The quantitative estimate of drug-likeness (QED) is 0.569. The third-order valence-corrected chi connectivity index (χ3v) is 5.77. The molecule has 0 bridgehead atoms. The fourth-order valence-corrected chi connectivity index (χ4v) is 4.22. The average Bonchev–Trinajstić information content (AvgIpc) is 3.15. The van der Waals surface area contributed by atoms with Gasteiger partial charge in [0.15, 0.2) is 0 Å². The highest BCUT2D eigenvalue weighted by Crippen LogP contribution is 2.35. The van der Waals surface area contributed by atoms with Gasteiger partial charge in [-0.25, -0.2) is 9.18 Å². The van der Waals surface area contributed by atoms with Crippen molar-refractivity contribution in [2.45, 2.75) is 50.6 Å². The standard InChI is InChI=1S/C18H20Cl2FN3O3/c1-10(11-8-14(21)13(20)9-12(11)19)22-15(25)4-7-24-16(26)18(23-17(24)27)5-2-3-6-18/h8-10H,2-7H2,1H3,(H,22,25)(H,23,27). The summed E-state index contributed by atoms with van der Waals surface area (Å²) >= 11 is 11.7. The highest BCUT2D eigenvalue weighted by molar-refractivity contribution is 6.35. The van der Waals surface area contributed by atoms with Crippen LogP contribution >= 0.6 is 23.2 Å². The molecule has 4 amide bonds. The molecule has 1 aliphatic heterocycles. The number of nitrogens with one attached hydrogen (secondary N) is 2. The predicted molar refractivity (Wildman–Crippen MR) is 99.0 cm³/mol. The molecule has 1 aromatic carbocycles. The van der Waals surface area contributed by atoms with Gasteiger partial charge in [0.25, 0.3) is 5.91 Å². The molecule has 1 saturated carbocycles. The molecule has 1 unspecified atom stereocenters. The molecule has 1 aromatic rings. The summed E-state index contributed by atoms with van der Waals surface area (Å²) in [6, 6.07) is 1.45. The van der Waals surface area contributed by atoms with Crippen LogP contribution in [0.4, 0.5) is 9.18 Å². The number of rotatable bonds is 5. The Labute approximate surface area is 166 Å². The summed E-state index contributed by atoms with van der Waals surface area (Å²) < 4.78 is 13.6. The van der Waals surface area contributed by atoms with Gasteiger partial charge in [0.2, 0.25) is 5.91 Å². The minimum Gasteiger partial charge on any atom is -0.349 e. The van der Waals surface area contributed by atoms with E-state index in [1.165, 1.54) is 12.1 Å². The van der Waals surface area contributed by atoms with E-state index in [1.54, 1.807) is 6.92 Å². The molecule has 2 aliphatic rings. The van der Waals surface area contributed by atoms with Crippen molar-refractivity contribution in [3.8, 4) is 0 Å². The molecule has 0 aromatic heterocycles. The SMILES string of the molecule is CC(NC(=O)CCN1C(=O)NC2(CCCC2)C1=O)c1cc(F)c(Cl)cc1Cl. The number of carbonyl (C=O) groups excluding carboxylic acids is 3. The second-order valence-corrected chi connectivity index (χ2v) is 7.82. The number of halogens is 3. The maximum atomic E-state index is 13.6. The van der Waals surface area contributed by atoms with Gasteiger partial charge in [-0.05, 0) is 37.5 Å². The maximum Gasteiger partial charge on any atom is 0.325 e. The number of hydrogen-bond acceptors (Lipinski definition) is 3. The zero-order valence-electron chi connectivity index (χ0n) is 14.8. The second-order valence-electron chi connectivity index (χ2n) is 7.00. The molecule has 9 heteroatoms. The Bertz CT molecular complexity index is 796. The summed E-state index contributed by atoms with van der Waals surface area (Å²) in [6.07, 6.45) is 3.02. The first-order valence-corrected chi connectivity index (χ1v) is 9.57. The Morgan fingerprint density at radius 2 is 1.96 bits per heavy atom. The van der Waals surface area contributed by atoms with Crippen LogP contribution in [0.1, 0.15) is 50.6 Å². The Morgan fingerprint density at radius 1 is 1.30 bits per heavy atom. The molecule has 146 valence electrons. The topological polar surface area (TPSA) is 78.5 Å². The molecule has 27 heavy (non-hydrogen) atoms. The number of carbonyl (C=O) groups is 3. The van der Waals surface area contributed by atoms with Crippen LogP contribution < -0.4 is 10.6 Å². The number of hydrogen-bond donors (Lipinski definition) is 2. The minimum atomic E-state index is -0.783. The Hall–Kier alpha value is -1.86. The first-order chi connectivity index (χ1) is 12.7. The first-order valence-electron chi connectivity index (χ1n) is 8.81. The number of nitrogens with zero attached hydrogens (tertiary/aromatic N) is 1. The van der Waals surface area contributed by atoms with E-state index in [9.17, 15) is 18.8 Å². The van der Waals surface area contributed by atoms with Crippen LogP contribution in [0, 0.1) is 5.82 Å². The highest BCUT2D eigenvalue weighted by Gasteiger charge is 2.52. The van der Waals surface area contributed by atoms with Crippen LogP contribution in [-0.2, 0) is 9.59 Å². The van der Waals surface area contributed by atoms with Gasteiger partial charge < -0.3 is 10.6 Å². The summed E-state index contributed by atoms with van der Waals surface area (Å²) in [4.78, 5) is 38.0. The fourth-order valence-electron chi connectivity index (χ4n) is 3.67. The zero-order valence-corrected chi connectivity index (χ0v) is 16.3. The van der Waals surface area contributed by atoms with Gasteiger partial charge >= 0.3 is 6.03 Å². The zero-order chi connectivity index (χ0) is 19.8. The monoisotopic (exact) mass is 415 g/mol. The van der Waals surface area contributed by atoms with Crippen molar-refractivity contribution in [2.24, 2.45) is 0 Å². The number of benzene rings is 1. The lowest BCUT2D eigenvalue weighted by Gasteiger charge is -2.20. The normalized spacial score (nSPS) is 19.5. The van der Waals surface area contributed by atoms with Gasteiger partial charge in [0.05, 0.1) is 11.1 Å². The number of amides is 4. The van der Waals surface area contributed by atoms with Gasteiger partial charge in [-0.3, -0.25) is 14.5 Å². The van der Waals surface area contributed by atoms with Crippen molar-refractivity contribution >= 4 is 41.0 Å². The van der Waals surface area contributed by atoms with Gasteiger partial charge in [-0.15, -0.1) is 0 Å². The van der Waals surface area contributed by atoms with E-state index in [4.69, 9.17) is 23.2 Å². The number of imide groups is 1. The summed E-state index contributed by atoms with van der Waals surface area (Å²) in [5.41, 5.74) is -0.387. The van der Waals surface area contributed by atoms with Crippen LogP contribution in [0.5, 0.6) is 0 Å².